The summed E-state index contributed by atoms with van der Waals surface area (Å²) in [5.74, 6) is 0.326. The summed E-state index contributed by atoms with van der Waals surface area (Å²) in [6.45, 7) is 0.191. The van der Waals surface area contributed by atoms with Crippen LogP contribution in [0.15, 0.2) is 65.5 Å². The molecule has 0 spiro atoms. The first-order valence-electron chi connectivity index (χ1n) is 9.27. The van der Waals surface area contributed by atoms with Crippen molar-refractivity contribution in [3.05, 3.63) is 66.7 Å². The number of carbonyl (C=O) groups is 2. The van der Waals surface area contributed by atoms with Crippen molar-refractivity contribution in [3.8, 4) is 5.75 Å². The van der Waals surface area contributed by atoms with Crippen molar-refractivity contribution < 1.29 is 18.8 Å². The fraction of sp³-hybridized carbons (Fsp3) is 0.0952. The minimum Gasteiger partial charge on any atom is -0.481 e. The molecule has 1 aliphatic rings. The normalized spacial score (nSPS) is 13.1. The number of hydrogen-bond acceptors (Lipinski definition) is 5. The molecule has 0 atom stereocenters. The average molecular weight is 403 g/mol. The molecule has 3 heterocycles. The highest BCUT2D eigenvalue weighted by Crippen LogP contribution is 2.35. The third-order valence-electron chi connectivity index (χ3n) is 4.78. The molecule has 3 N–H and O–H groups in total. The van der Waals surface area contributed by atoms with Gasteiger partial charge in [-0.1, -0.05) is 11.2 Å². The van der Waals surface area contributed by atoms with Crippen molar-refractivity contribution in [2.24, 2.45) is 0 Å². The van der Waals surface area contributed by atoms with E-state index in [0.29, 0.717) is 28.5 Å². The number of rotatable bonds is 4. The van der Waals surface area contributed by atoms with E-state index in [9.17, 15) is 9.59 Å². The second-order valence-electron chi connectivity index (χ2n) is 6.80. The van der Waals surface area contributed by atoms with E-state index >= 15 is 0 Å². The van der Waals surface area contributed by atoms with E-state index in [1.54, 1.807) is 29.2 Å². The number of aromatic nitrogens is 2. The van der Waals surface area contributed by atoms with E-state index in [0.717, 1.165) is 10.9 Å². The van der Waals surface area contributed by atoms with Gasteiger partial charge in [0.2, 0.25) is 0 Å². The molecular formula is C21H17N5O4. The zero-order chi connectivity index (χ0) is 20.5. The average Bonchev–Trinajstić information content (AvgIpc) is 3.41. The molecule has 5 rings (SSSR count). The largest absolute Gasteiger partial charge is 0.481 e. The molecule has 4 aromatic rings. The number of amides is 3. The summed E-state index contributed by atoms with van der Waals surface area (Å²) in [4.78, 5) is 29.4. The summed E-state index contributed by atoms with van der Waals surface area (Å²) in [6.07, 6.45) is 3.30. The SMILES string of the molecule is O=C(Nc1ccc2c(c1)OCC(=O)N2Cc1ccon1)Nc1ccc2cc[nH]c2c1. The monoisotopic (exact) mass is 403 g/mol. The highest BCUT2D eigenvalue weighted by atomic mass is 16.5. The smallest absolute Gasteiger partial charge is 0.323 e. The van der Waals surface area contributed by atoms with Crippen molar-refractivity contribution in [2.45, 2.75) is 6.54 Å². The minimum absolute atomic E-state index is 0.0866. The van der Waals surface area contributed by atoms with Gasteiger partial charge in [0.15, 0.2) is 6.61 Å². The lowest BCUT2D eigenvalue weighted by atomic mass is 10.2. The maximum atomic E-state index is 12.4. The van der Waals surface area contributed by atoms with Crippen molar-refractivity contribution in [2.75, 3.05) is 22.1 Å². The van der Waals surface area contributed by atoms with Gasteiger partial charge >= 0.3 is 6.03 Å². The van der Waals surface area contributed by atoms with Crippen LogP contribution in [0.4, 0.5) is 21.9 Å². The topological polar surface area (TPSA) is 112 Å². The first-order valence-corrected chi connectivity index (χ1v) is 9.27. The number of aromatic amines is 1. The van der Waals surface area contributed by atoms with Crippen LogP contribution in [-0.4, -0.2) is 28.7 Å². The molecular weight excluding hydrogens is 386 g/mol. The van der Waals surface area contributed by atoms with E-state index in [4.69, 9.17) is 9.26 Å². The fourth-order valence-electron chi connectivity index (χ4n) is 3.36. The molecule has 9 nitrogen and oxygen atoms in total. The highest BCUT2D eigenvalue weighted by molar-refractivity contribution is 6.02. The number of fused-ring (bicyclic) bond motifs is 2. The van der Waals surface area contributed by atoms with E-state index < -0.39 is 0 Å². The van der Waals surface area contributed by atoms with E-state index in [1.165, 1.54) is 6.26 Å². The van der Waals surface area contributed by atoms with Crippen LogP contribution in [0.1, 0.15) is 5.69 Å². The Morgan fingerprint density at radius 1 is 1.10 bits per heavy atom. The number of ether oxygens (including phenoxy) is 1. The van der Waals surface area contributed by atoms with Crippen LogP contribution < -0.4 is 20.3 Å². The first-order chi connectivity index (χ1) is 14.7. The van der Waals surface area contributed by atoms with Gasteiger partial charge in [-0.15, -0.1) is 0 Å². The number of anilines is 3. The van der Waals surface area contributed by atoms with Crippen molar-refractivity contribution in [1.29, 1.82) is 0 Å². The van der Waals surface area contributed by atoms with Gasteiger partial charge in [0.05, 0.1) is 12.2 Å². The van der Waals surface area contributed by atoms with Gasteiger partial charge < -0.3 is 24.9 Å². The Morgan fingerprint density at radius 3 is 2.77 bits per heavy atom. The predicted molar refractivity (Wildman–Crippen MR) is 111 cm³/mol. The molecule has 30 heavy (non-hydrogen) atoms. The number of urea groups is 1. The Bertz CT molecular complexity index is 1230. The van der Waals surface area contributed by atoms with Gasteiger partial charge in [-0.25, -0.2) is 4.79 Å². The molecule has 1 aliphatic heterocycles. The van der Waals surface area contributed by atoms with Gasteiger partial charge in [-0.05, 0) is 35.7 Å². The summed E-state index contributed by atoms with van der Waals surface area (Å²) < 4.78 is 10.4. The Kier molecular flexibility index (Phi) is 4.32. The second kappa shape index (κ2) is 7.28. The van der Waals surface area contributed by atoms with Crippen LogP contribution in [0, 0.1) is 0 Å². The van der Waals surface area contributed by atoms with Crippen LogP contribution in [0.2, 0.25) is 0 Å². The fourth-order valence-corrected chi connectivity index (χ4v) is 3.36. The quantitative estimate of drug-likeness (QED) is 0.481. The van der Waals surface area contributed by atoms with Crippen LogP contribution in [0.5, 0.6) is 5.75 Å². The van der Waals surface area contributed by atoms with Gasteiger partial charge in [-0.3, -0.25) is 9.69 Å². The summed E-state index contributed by atoms with van der Waals surface area (Å²) >= 11 is 0. The number of carbonyl (C=O) groups excluding carboxylic acids is 2. The molecule has 0 saturated carbocycles. The molecule has 0 bridgehead atoms. The van der Waals surface area contributed by atoms with Gasteiger partial charge in [-0.2, -0.15) is 0 Å². The Morgan fingerprint density at radius 2 is 1.93 bits per heavy atom. The molecule has 0 unspecified atom stereocenters. The summed E-state index contributed by atoms with van der Waals surface area (Å²) in [6, 6.07) is 14.0. The van der Waals surface area contributed by atoms with E-state index in [1.807, 2.05) is 30.5 Å². The Balaban J connectivity index is 1.31. The zero-order valence-electron chi connectivity index (χ0n) is 15.7. The molecule has 0 saturated heterocycles. The lowest BCUT2D eigenvalue weighted by molar-refractivity contribution is -0.121. The molecule has 9 heteroatoms. The highest BCUT2D eigenvalue weighted by Gasteiger charge is 2.26. The summed E-state index contributed by atoms with van der Waals surface area (Å²) in [5, 5.41) is 10.5. The molecule has 0 aliphatic carbocycles. The van der Waals surface area contributed by atoms with Crippen molar-refractivity contribution >= 4 is 39.9 Å². The molecule has 0 radical (unpaired) electrons. The van der Waals surface area contributed by atoms with Crippen LogP contribution in [-0.2, 0) is 11.3 Å². The maximum absolute atomic E-state index is 12.4. The van der Waals surface area contributed by atoms with Gasteiger partial charge in [0.1, 0.15) is 17.7 Å². The third-order valence-corrected chi connectivity index (χ3v) is 4.78. The van der Waals surface area contributed by atoms with Crippen molar-refractivity contribution in [1.82, 2.24) is 10.1 Å². The maximum Gasteiger partial charge on any atom is 0.323 e. The number of hydrogen-bond donors (Lipinski definition) is 3. The standard InChI is InChI=1S/C21H17N5O4/c27-20-12-29-19-10-15(3-4-18(19)26(20)11-16-6-8-30-25-16)24-21(28)23-14-2-1-13-5-7-22-17(13)9-14/h1-10,22H,11-12H2,(H2,23,24,28). The second-order valence-corrected chi connectivity index (χ2v) is 6.80. The zero-order valence-corrected chi connectivity index (χ0v) is 15.7. The van der Waals surface area contributed by atoms with E-state index in [-0.39, 0.29) is 25.1 Å². The summed E-state index contributed by atoms with van der Waals surface area (Å²) in [5.41, 5.74) is 3.39. The van der Waals surface area contributed by atoms with Gasteiger partial charge in [0, 0.05) is 35.2 Å². The lowest BCUT2D eigenvalue weighted by Gasteiger charge is -2.29. The summed E-state index contributed by atoms with van der Waals surface area (Å²) in [7, 11) is 0. The van der Waals surface area contributed by atoms with Gasteiger partial charge in [0.25, 0.3) is 5.91 Å². The van der Waals surface area contributed by atoms with E-state index in [2.05, 4.69) is 20.8 Å². The minimum atomic E-state index is -0.382. The van der Waals surface area contributed by atoms with Crippen molar-refractivity contribution in [3.63, 3.8) is 0 Å². The van der Waals surface area contributed by atoms with Crippen LogP contribution in [0.3, 0.4) is 0 Å². The molecule has 2 aromatic heterocycles. The lowest BCUT2D eigenvalue weighted by Crippen LogP contribution is -2.38. The van der Waals surface area contributed by atoms with Crippen LogP contribution >= 0.6 is 0 Å². The third kappa shape index (κ3) is 3.44. The molecule has 0 fully saturated rings. The Hall–Kier alpha value is -4.27. The molecule has 2 aromatic carbocycles. The molecule has 3 amide bonds. The Labute approximate surface area is 170 Å². The first kappa shape index (κ1) is 17.8. The predicted octanol–water partition coefficient (Wildman–Crippen LogP) is 3.73. The van der Waals surface area contributed by atoms with Crippen LogP contribution in [0.25, 0.3) is 10.9 Å². The number of benzene rings is 2. The number of nitrogens with one attached hydrogen (secondary N) is 3. The molecule has 150 valence electrons. The number of H-pyrrole nitrogens is 1. The number of nitrogens with zero attached hydrogens (tertiary/aromatic N) is 2.